The molecule has 0 radical (unpaired) electrons. The minimum atomic E-state index is -3.93. The number of nitrogens with one attached hydrogen (secondary N) is 1. The van der Waals surface area contributed by atoms with Crippen LogP contribution in [0.4, 0.5) is 0 Å². The van der Waals surface area contributed by atoms with Crippen LogP contribution in [0, 0.1) is 6.92 Å². The Bertz CT molecular complexity index is 1420. The van der Waals surface area contributed by atoms with Gasteiger partial charge in [-0.3, -0.25) is 4.79 Å². The standard InChI is InChI=1S/C25H23ClN2O3S/c1-18-11-12-23-20(15-18)16-21(25(29)27-23)17-28(14-13-19-7-3-2-4-8-19)32(30,31)24-10-6-5-9-22(24)26/h2-12,15-16H,13-14,17H2,1H3,(H,27,29). The number of rotatable bonds is 7. The summed E-state index contributed by atoms with van der Waals surface area (Å²) in [6, 6.07) is 23.5. The summed E-state index contributed by atoms with van der Waals surface area (Å²) in [6.45, 7) is 2.13. The molecule has 5 nitrogen and oxygen atoms in total. The highest BCUT2D eigenvalue weighted by Gasteiger charge is 2.27. The van der Waals surface area contributed by atoms with Crippen molar-refractivity contribution >= 4 is 32.5 Å². The third-order valence-corrected chi connectivity index (χ3v) is 7.72. The van der Waals surface area contributed by atoms with E-state index in [1.165, 1.54) is 10.4 Å². The molecule has 0 bridgehead atoms. The first kappa shape index (κ1) is 22.3. The van der Waals surface area contributed by atoms with Crippen LogP contribution in [0.2, 0.25) is 5.02 Å². The molecule has 0 fully saturated rings. The van der Waals surface area contributed by atoms with Crippen LogP contribution in [-0.2, 0) is 23.0 Å². The predicted octanol–water partition coefficient (Wildman–Crippen LogP) is 4.92. The monoisotopic (exact) mass is 466 g/mol. The average molecular weight is 467 g/mol. The van der Waals surface area contributed by atoms with Crippen molar-refractivity contribution in [3.63, 3.8) is 0 Å². The van der Waals surface area contributed by atoms with Crippen molar-refractivity contribution in [2.75, 3.05) is 6.54 Å². The van der Waals surface area contributed by atoms with Crippen LogP contribution in [-0.4, -0.2) is 24.3 Å². The van der Waals surface area contributed by atoms with E-state index in [0.717, 1.165) is 16.5 Å². The van der Waals surface area contributed by atoms with Crippen LogP contribution < -0.4 is 5.56 Å². The van der Waals surface area contributed by atoms with E-state index in [9.17, 15) is 13.2 Å². The third kappa shape index (κ3) is 4.78. The minimum Gasteiger partial charge on any atom is -0.322 e. The highest BCUT2D eigenvalue weighted by atomic mass is 35.5. The highest BCUT2D eigenvalue weighted by molar-refractivity contribution is 7.89. The van der Waals surface area contributed by atoms with E-state index >= 15 is 0 Å². The number of benzene rings is 3. The van der Waals surface area contributed by atoms with E-state index in [1.54, 1.807) is 24.3 Å². The topological polar surface area (TPSA) is 70.2 Å². The van der Waals surface area contributed by atoms with E-state index in [2.05, 4.69) is 4.98 Å². The Labute approximate surface area is 192 Å². The van der Waals surface area contributed by atoms with Gasteiger partial charge in [0.25, 0.3) is 5.56 Å². The quantitative estimate of drug-likeness (QED) is 0.420. The molecule has 4 aromatic rings. The fourth-order valence-corrected chi connectivity index (χ4v) is 5.57. The summed E-state index contributed by atoms with van der Waals surface area (Å²) in [7, 11) is -3.93. The second kappa shape index (κ2) is 9.28. The van der Waals surface area contributed by atoms with Crippen molar-refractivity contribution in [1.82, 2.24) is 9.29 Å². The fraction of sp³-hybridized carbons (Fsp3) is 0.160. The van der Waals surface area contributed by atoms with Gasteiger partial charge in [0, 0.05) is 24.2 Å². The van der Waals surface area contributed by atoms with Crippen LogP contribution in [0.1, 0.15) is 16.7 Å². The largest absolute Gasteiger partial charge is 0.322 e. The highest BCUT2D eigenvalue weighted by Crippen LogP contribution is 2.26. The number of aryl methyl sites for hydroxylation is 1. The first-order valence-electron chi connectivity index (χ1n) is 10.3. The Kier molecular flexibility index (Phi) is 6.46. The second-order valence-corrected chi connectivity index (χ2v) is 10.0. The van der Waals surface area contributed by atoms with Crippen molar-refractivity contribution in [3.8, 4) is 0 Å². The van der Waals surface area contributed by atoms with Crippen LogP contribution in [0.25, 0.3) is 10.9 Å². The summed E-state index contributed by atoms with van der Waals surface area (Å²) in [6.07, 6.45) is 0.509. The normalized spacial score (nSPS) is 11.8. The summed E-state index contributed by atoms with van der Waals surface area (Å²) in [4.78, 5) is 15.6. The Morgan fingerprint density at radius 1 is 0.938 bits per heavy atom. The molecule has 4 rings (SSSR count). The molecular formula is C25H23ClN2O3S. The van der Waals surface area contributed by atoms with Gasteiger partial charge in [-0.25, -0.2) is 8.42 Å². The lowest BCUT2D eigenvalue weighted by Gasteiger charge is -2.23. The van der Waals surface area contributed by atoms with E-state index in [4.69, 9.17) is 11.6 Å². The molecule has 0 aliphatic carbocycles. The van der Waals surface area contributed by atoms with Crippen molar-refractivity contribution in [2.24, 2.45) is 0 Å². The van der Waals surface area contributed by atoms with Gasteiger partial charge in [0.2, 0.25) is 10.0 Å². The number of H-pyrrole nitrogens is 1. The SMILES string of the molecule is Cc1ccc2[nH]c(=O)c(CN(CCc3ccccc3)S(=O)(=O)c3ccccc3Cl)cc2c1. The Balaban J connectivity index is 1.74. The molecule has 1 N–H and O–H groups in total. The van der Waals surface area contributed by atoms with Crippen molar-refractivity contribution in [2.45, 2.75) is 24.8 Å². The summed E-state index contributed by atoms with van der Waals surface area (Å²) in [5, 5.41) is 1.01. The van der Waals surface area contributed by atoms with Gasteiger partial charge in [-0.15, -0.1) is 0 Å². The summed E-state index contributed by atoms with van der Waals surface area (Å²) in [5.41, 5.74) is 2.86. The first-order valence-corrected chi connectivity index (χ1v) is 12.1. The lowest BCUT2D eigenvalue weighted by atomic mass is 10.1. The number of fused-ring (bicyclic) bond motifs is 1. The van der Waals surface area contributed by atoms with Gasteiger partial charge in [0.15, 0.2) is 0 Å². The summed E-state index contributed by atoms with van der Waals surface area (Å²) in [5.74, 6) is 0. The molecule has 3 aromatic carbocycles. The molecule has 0 atom stereocenters. The van der Waals surface area contributed by atoms with Gasteiger partial charge in [-0.05, 0) is 54.6 Å². The van der Waals surface area contributed by atoms with E-state index in [-0.39, 0.29) is 28.6 Å². The molecule has 164 valence electrons. The minimum absolute atomic E-state index is 0.0304. The third-order valence-electron chi connectivity index (χ3n) is 5.37. The molecule has 0 amide bonds. The summed E-state index contributed by atoms with van der Waals surface area (Å²) < 4.78 is 28.4. The molecule has 1 aromatic heterocycles. The summed E-state index contributed by atoms with van der Waals surface area (Å²) >= 11 is 6.23. The first-order chi connectivity index (χ1) is 15.3. The van der Waals surface area contributed by atoms with Gasteiger partial charge in [0.1, 0.15) is 4.90 Å². The zero-order valence-electron chi connectivity index (χ0n) is 17.6. The molecule has 0 saturated heterocycles. The van der Waals surface area contributed by atoms with E-state index in [1.807, 2.05) is 55.5 Å². The number of aromatic amines is 1. The molecular weight excluding hydrogens is 444 g/mol. The maximum absolute atomic E-state index is 13.5. The average Bonchev–Trinajstić information content (AvgIpc) is 2.78. The Morgan fingerprint density at radius 3 is 2.41 bits per heavy atom. The fourth-order valence-electron chi connectivity index (χ4n) is 3.65. The molecule has 1 heterocycles. The van der Waals surface area contributed by atoms with E-state index < -0.39 is 10.0 Å². The lowest BCUT2D eigenvalue weighted by molar-refractivity contribution is 0.408. The number of pyridine rings is 1. The maximum Gasteiger partial charge on any atom is 0.252 e. The zero-order valence-corrected chi connectivity index (χ0v) is 19.2. The zero-order chi connectivity index (χ0) is 22.7. The molecule has 7 heteroatoms. The number of sulfonamides is 1. The molecule has 0 aliphatic heterocycles. The molecule has 0 spiro atoms. The molecule has 32 heavy (non-hydrogen) atoms. The lowest BCUT2D eigenvalue weighted by Crippen LogP contribution is -2.34. The van der Waals surface area contributed by atoms with Gasteiger partial charge in [-0.2, -0.15) is 4.31 Å². The van der Waals surface area contributed by atoms with Crippen molar-refractivity contribution in [3.05, 3.63) is 111 Å². The van der Waals surface area contributed by atoms with Crippen molar-refractivity contribution < 1.29 is 8.42 Å². The number of halogens is 1. The van der Waals surface area contributed by atoms with Gasteiger partial charge in [0.05, 0.1) is 5.02 Å². The predicted molar refractivity (Wildman–Crippen MR) is 128 cm³/mol. The van der Waals surface area contributed by atoms with E-state index in [0.29, 0.717) is 17.5 Å². The van der Waals surface area contributed by atoms with Crippen LogP contribution in [0.3, 0.4) is 0 Å². The van der Waals surface area contributed by atoms with Crippen LogP contribution in [0.5, 0.6) is 0 Å². The van der Waals surface area contributed by atoms with Crippen LogP contribution >= 0.6 is 11.6 Å². The van der Waals surface area contributed by atoms with Crippen LogP contribution in [0.15, 0.2) is 88.6 Å². The van der Waals surface area contributed by atoms with Gasteiger partial charge < -0.3 is 4.98 Å². The van der Waals surface area contributed by atoms with Gasteiger partial charge in [-0.1, -0.05) is 65.7 Å². The number of aromatic nitrogens is 1. The maximum atomic E-state index is 13.5. The Hall–Kier alpha value is -2.93. The molecule has 0 saturated carbocycles. The van der Waals surface area contributed by atoms with Gasteiger partial charge >= 0.3 is 0 Å². The number of hydrogen-bond donors (Lipinski definition) is 1. The molecule has 0 unspecified atom stereocenters. The van der Waals surface area contributed by atoms with Crippen molar-refractivity contribution in [1.29, 1.82) is 0 Å². The molecule has 0 aliphatic rings. The number of nitrogens with zero attached hydrogens (tertiary/aromatic N) is 1. The smallest absolute Gasteiger partial charge is 0.252 e. The number of hydrogen-bond acceptors (Lipinski definition) is 3. The Morgan fingerprint density at radius 2 is 1.66 bits per heavy atom. The second-order valence-electron chi connectivity index (χ2n) is 7.72.